The molecule has 0 fully saturated rings. The van der Waals surface area contributed by atoms with Gasteiger partial charge in [0.2, 0.25) is 0 Å². The van der Waals surface area contributed by atoms with Gasteiger partial charge < -0.3 is 25.4 Å². The van der Waals surface area contributed by atoms with Gasteiger partial charge in [-0.2, -0.15) is 5.10 Å². The van der Waals surface area contributed by atoms with Crippen LogP contribution < -0.4 is 15.5 Å². The van der Waals surface area contributed by atoms with Crippen molar-refractivity contribution in [2.75, 3.05) is 19.8 Å². The minimum absolute atomic E-state index is 0.0785. The Morgan fingerprint density at radius 1 is 1.02 bits per heavy atom. The van der Waals surface area contributed by atoms with Crippen LogP contribution in [0.25, 0.3) is 11.1 Å². The number of benzene rings is 4. The summed E-state index contributed by atoms with van der Waals surface area (Å²) in [5.74, 6) is 0.128. The molecule has 0 spiro atoms. The molecular formula is C32H32ClN3O5. The maximum absolute atomic E-state index is 12.4. The molecule has 5 N–H and O–H groups in total. The monoisotopic (exact) mass is 573 g/mol. The lowest BCUT2D eigenvalue weighted by atomic mass is 9.99. The fraction of sp³-hybridized carbons (Fsp3) is 0.188. The number of hydrogen-bond acceptors (Lipinski definition) is 7. The largest absolute Gasteiger partial charge is 0.506 e. The van der Waals surface area contributed by atoms with E-state index in [4.69, 9.17) is 16.3 Å². The van der Waals surface area contributed by atoms with Crippen LogP contribution in [-0.2, 0) is 0 Å². The van der Waals surface area contributed by atoms with Gasteiger partial charge >= 0.3 is 0 Å². The van der Waals surface area contributed by atoms with E-state index in [1.807, 2.05) is 79.7 Å². The third-order valence-electron chi connectivity index (χ3n) is 6.45. The molecule has 0 radical (unpaired) electrons. The number of carbonyl (C=O) groups is 1. The van der Waals surface area contributed by atoms with Crippen LogP contribution in [0.4, 0.5) is 0 Å². The molecule has 2 unspecified atom stereocenters. The van der Waals surface area contributed by atoms with E-state index >= 15 is 0 Å². The summed E-state index contributed by atoms with van der Waals surface area (Å²) in [6.07, 6.45) is 0.689. The van der Waals surface area contributed by atoms with Crippen molar-refractivity contribution in [3.8, 4) is 22.6 Å². The number of nitrogens with one attached hydrogen (secondary N) is 2. The lowest BCUT2D eigenvalue weighted by molar-refractivity contribution is 0.0878. The zero-order valence-electron chi connectivity index (χ0n) is 22.5. The highest BCUT2D eigenvalue weighted by atomic mass is 35.5. The zero-order valence-corrected chi connectivity index (χ0v) is 23.3. The molecule has 212 valence electrons. The van der Waals surface area contributed by atoms with Crippen molar-refractivity contribution in [2.45, 2.75) is 19.1 Å². The highest BCUT2D eigenvalue weighted by molar-refractivity contribution is 6.32. The van der Waals surface area contributed by atoms with Gasteiger partial charge in [-0.1, -0.05) is 72.3 Å². The topological polar surface area (TPSA) is 123 Å². The van der Waals surface area contributed by atoms with E-state index in [2.05, 4.69) is 15.8 Å². The average Bonchev–Trinajstić information content (AvgIpc) is 2.99. The summed E-state index contributed by atoms with van der Waals surface area (Å²) in [5.41, 5.74) is 6.89. The first kappa shape index (κ1) is 29.8. The van der Waals surface area contributed by atoms with Crippen LogP contribution in [0.1, 0.15) is 33.2 Å². The first-order valence-corrected chi connectivity index (χ1v) is 13.5. The van der Waals surface area contributed by atoms with Crippen LogP contribution in [0.2, 0.25) is 5.02 Å². The standard InChI is InChI=1S/C32H32ClN3O5/c1-21-16-22(19-35-36-32(40)25-12-13-29(38)27(33)18-25)17-26(23-8-4-2-5-9-23)31(21)41-15-14-34-28(20-37)30(39)24-10-6-3-7-11-24/h2-13,16-19,28,30,34,37-39H,14-15,20H2,1H3,(H,36,40)/b35-19+. The number of halogens is 1. The van der Waals surface area contributed by atoms with E-state index in [0.717, 1.165) is 27.8 Å². The number of ether oxygens (including phenoxy) is 1. The van der Waals surface area contributed by atoms with E-state index in [9.17, 15) is 20.1 Å². The molecule has 0 aromatic heterocycles. The number of hydrogen-bond donors (Lipinski definition) is 5. The van der Waals surface area contributed by atoms with E-state index in [0.29, 0.717) is 18.9 Å². The van der Waals surface area contributed by atoms with Gasteiger partial charge in [-0.3, -0.25) is 4.79 Å². The Balaban J connectivity index is 1.45. The summed E-state index contributed by atoms with van der Waals surface area (Å²) in [4.78, 5) is 12.4. The Morgan fingerprint density at radius 3 is 2.41 bits per heavy atom. The Kier molecular flexibility index (Phi) is 10.5. The Labute approximate surface area is 243 Å². The first-order chi connectivity index (χ1) is 19.9. The maximum Gasteiger partial charge on any atom is 0.271 e. The Morgan fingerprint density at radius 2 is 1.73 bits per heavy atom. The number of hydrazone groups is 1. The summed E-state index contributed by atoms with van der Waals surface area (Å²) >= 11 is 5.90. The smallest absolute Gasteiger partial charge is 0.271 e. The number of aliphatic hydroxyl groups excluding tert-OH is 2. The second-order valence-corrected chi connectivity index (χ2v) is 9.80. The SMILES string of the molecule is Cc1cc(/C=N/NC(=O)c2ccc(O)c(Cl)c2)cc(-c2ccccc2)c1OCCNC(CO)C(O)c1ccccc1. The number of aryl methyl sites for hydroxylation is 1. The van der Waals surface area contributed by atoms with Crippen LogP contribution in [0.5, 0.6) is 11.5 Å². The molecule has 4 aromatic carbocycles. The fourth-order valence-electron chi connectivity index (χ4n) is 4.33. The van der Waals surface area contributed by atoms with E-state index in [1.165, 1.54) is 18.2 Å². The molecule has 0 saturated carbocycles. The number of carbonyl (C=O) groups excluding carboxylic acids is 1. The van der Waals surface area contributed by atoms with Crippen molar-refractivity contribution in [1.82, 2.24) is 10.7 Å². The Bertz CT molecular complexity index is 1480. The predicted molar refractivity (Wildman–Crippen MR) is 161 cm³/mol. The minimum atomic E-state index is -0.854. The summed E-state index contributed by atoms with van der Waals surface area (Å²) in [6, 6.07) is 26.4. The van der Waals surface area contributed by atoms with Crippen molar-refractivity contribution in [2.24, 2.45) is 5.10 Å². The quantitative estimate of drug-likeness (QED) is 0.0938. The summed E-state index contributed by atoms with van der Waals surface area (Å²) in [7, 11) is 0. The van der Waals surface area contributed by atoms with Gasteiger partial charge in [0.25, 0.3) is 5.91 Å². The van der Waals surface area contributed by atoms with Gasteiger partial charge in [0, 0.05) is 17.7 Å². The molecule has 0 saturated heterocycles. The summed E-state index contributed by atoms with van der Waals surface area (Å²) in [5, 5.41) is 37.4. The van der Waals surface area contributed by atoms with Crippen LogP contribution in [-0.4, -0.2) is 53.2 Å². The van der Waals surface area contributed by atoms with E-state index < -0.39 is 18.1 Å². The minimum Gasteiger partial charge on any atom is -0.506 e. The molecule has 8 nitrogen and oxygen atoms in total. The molecule has 0 aliphatic rings. The highest BCUT2D eigenvalue weighted by Crippen LogP contribution is 2.34. The predicted octanol–water partition coefficient (Wildman–Crippen LogP) is 4.85. The van der Waals surface area contributed by atoms with Gasteiger partial charge in [-0.05, 0) is 59.5 Å². The van der Waals surface area contributed by atoms with Gasteiger partial charge in [0.15, 0.2) is 0 Å². The highest BCUT2D eigenvalue weighted by Gasteiger charge is 2.19. The molecule has 0 aliphatic carbocycles. The Hall–Kier alpha value is -4.21. The third-order valence-corrected chi connectivity index (χ3v) is 6.75. The van der Waals surface area contributed by atoms with Gasteiger partial charge in [0.05, 0.1) is 30.0 Å². The van der Waals surface area contributed by atoms with E-state index in [-0.39, 0.29) is 22.9 Å². The number of phenols is 1. The van der Waals surface area contributed by atoms with Crippen LogP contribution >= 0.6 is 11.6 Å². The van der Waals surface area contributed by atoms with Gasteiger partial charge in [-0.25, -0.2) is 5.43 Å². The number of rotatable bonds is 12. The molecule has 2 atom stereocenters. The number of nitrogens with zero attached hydrogens (tertiary/aromatic N) is 1. The number of aromatic hydroxyl groups is 1. The van der Waals surface area contributed by atoms with Gasteiger partial charge in [-0.15, -0.1) is 0 Å². The van der Waals surface area contributed by atoms with Crippen LogP contribution in [0.3, 0.4) is 0 Å². The van der Waals surface area contributed by atoms with Crippen molar-refractivity contribution >= 4 is 23.7 Å². The molecule has 0 bridgehead atoms. The average molecular weight is 574 g/mol. The van der Waals surface area contributed by atoms with Crippen molar-refractivity contribution in [3.05, 3.63) is 118 Å². The number of phenolic OH excluding ortho intramolecular Hbond substituents is 1. The molecule has 41 heavy (non-hydrogen) atoms. The van der Waals surface area contributed by atoms with Gasteiger partial charge in [0.1, 0.15) is 18.1 Å². The second kappa shape index (κ2) is 14.4. The molecular weight excluding hydrogens is 542 g/mol. The van der Waals surface area contributed by atoms with E-state index in [1.54, 1.807) is 6.21 Å². The fourth-order valence-corrected chi connectivity index (χ4v) is 4.51. The lowest BCUT2D eigenvalue weighted by Crippen LogP contribution is -2.40. The molecule has 1 amide bonds. The first-order valence-electron chi connectivity index (χ1n) is 13.1. The summed E-state index contributed by atoms with van der Waals surface area (Å²) < 4.78 is 6.21. The third kappa shape index (κ3) is 7.93. The summed E-state index contributed by atoms with van der Waals surface area (Å²) in [6.45, 7) is 2.41. The van der Waals surface area contributed by atoms with Crippen LogP contribution in [0.15, 0.2) is 96.1 Å². The normalized spacial score (nSPS) is 12.7. The molecule has 4 aromatic rings. The molecule has 0 aliphatic heterocycles. The molecule has 4 rings (SSSR count). The second-order valence-electron chi connectivity index (χ2n) is 9.39. The maximum atomic E-state index is 12.4. The number of aliphatic hydroxyl groups is 2. The number of amides is 1. The van der Waals surface area contributed by atoms with Crippen LogP contribution in [0, 0.1) is 6.92 Å². The van der Waals surface area contributed by atoms with Crippen molar-refractivity contribution in [3.63, 3.8) is 0 Å². The van der Waals surface area contributed by atoms with Crippen molar-refractivity contribution in [1.29, 1.82) is 0 Å². The molecule has 9 heteroatoms. The lowest BCUT2D eigenvalue weighted by Gasteiger charge is -2.23. The molecule has 0 heterocycles. The zero-order chi connectivity index (χ0) is 29.2. The van der Waals surface area contributed by atoms with Crippen molar-refractivity contribution < 1.29 is 24.9 Å².